The van der Waals surface area contributed by atoms with E-state index in [1.807, 2.05) is 60.7 Å². The third-order valence-electron chi connectivity index (χ3n) is 5.51. The minimum Gasteiger partial charge on any atom is -0.332 e. The zero-order valence-corrected chi connectivity index (χ0v) is 20.6. The molecular formula is C28H25ClN2O3S. The lowest BCUT2D eigenvalue weighted by atomic mass is 10.1. The molecule has 0 radical (unpaired) electrons. The van der Waals surface area contributed by atoms with E-state index in [0.717, 1.165) is 15.4 Å². The van der Waals surface area contributed by atoms with Crippen molar-refractivity contribution in [3.63, 3.8) is 0 Å². The molecule has 0 bridgehead atoms. The quantitative estimate of drug-likeness (QED) is 0.291. The Labute approximate surface area is 211 Å². The van der Waals surface area contributed by atoms with E-state index in [1.165, 1.54) is 24.3 Å². The second kappa shape index (κ2) is 11.2. The number of benzene rings is 4. The molecule has 0 N–H and O–H groups in total. The average Bonchev–Trinajstić information content (AvgIpc) is 2.88. The summed E-state index contributed by atoms with van der Waals surface area (Å²) < 4.78 is 28.4. The van der Waals surface area contributed by atoms with Gasteiger partial charge in [0, 0.05) is 18.1 Å². The number of rotatable bonds is 9. The third kappa shape index (κ3) is 6.29. The summed E-state index contributed by atoms with van der Waals surface area (Å²) in [4.78, 5) is 15.4. The Morgan fingerprint density at radius 2 is 1.11 bits per heavy atom. The summed E-state index contributed by atoms with van der Waals surface area (Å²) in [5, 5.41) is 0.434. The van der Waals surface area contributed by atoms with Gasteiger partial charge < -0.3 is 4.90 Å². The highest BCUT2D eigenvalue weighted by atomic mass is 35.5. The summed E-state index contributed by atoms with van der Waals surface area (Å²) >= 11 is 5.97. The Hall–Kier alpha value is -3.61. The molecule has 0 atom stereocenters. The van der Waals surface area contributed by atoms with Crippen LogP contribution in [0.1, 0.15) is 11.1 Å². The van der Waals surface area contributed by atoms with Crippen molar-refractivity contribution in [2.45, 2.75) is 18.0 Å². The Bertz CT molecular complexity index is 1310. The van der Waals surface area contributed by atoms with E-state index in [1.54, 1.807) is 35.2 Å². The molecule has 0 fully saturated rings. The Morgan fingerprint density at radius 3 is 1.60 bits per heavy atom. The zero-order chi connectivity index (χ0) is 24.7. The number of sulfonamides is 1. The maximum Gasteiger partial charge on any atom is 0.264 e. The molecule has 4 rings (SSSR count). The first-order chi connectivity index (χ1) is 16.9. The van der Waals surface area contributed by atoms with Gasteiger partial charge in [0.25, 0.3) is 10.0 Å². The molecular weight excluding hydrogens is 480 g/mol. The molecule has 0 aromatic heterocycles. The van der Waals surface area contributed by atoms with Gasteiger partial charge in [-0.25, -0.2) is 8.42 Å². The second-order valence-electron chi connectivity index (χ2n) is 8.02. The van der Waals surface area contributed by atoms with Gasteiger partial charge in [-0.1, -0.05) is 90.5 Å². The largest absolute Gasteiger partial charge is 0.332 e. The predicted molar refractivity (Wildman–Crippen MR) is 140 cm³/mol. The fourth-order valence-electron chi connectivity index (χ4n) is 3.71. The van der Waals surface area contributed by atoms with Crippen LogP contribution in [0.25, 0.3) is 0 Å². The molecule has 178 valence electrons. The van der Waals surface area contributed by atoms with Gasteiger partial charge in [0.1, 0.15) is 6.54 Å². The molecule has 4 aromatic carbocycles. The number of carbonyl (C=O) groups excluding carboxylic acids is 1. The number of amides is 1. The van der Waals surface area contributed by atoms with Crippen molar-refractivity contribution in [1.29, 1.82) is 0 Å². The molecule has 0 aliphatic carbocycles. The third-order valence-corrected chi connectivity index (χ3v) is 7.55. The van der Waals surface area contributed by atoms with Crippen LogP contribution in [0.4, 0.5) is 5.69 Å². The summed E-state index contributed by atoms with van der Waals surface area (Å²) in [5.41, 5.74) is 2.34. The minimum absolute atomic E-state index is 0.0659. The van der Waals surface area contributed by atoms with Crippen molar-refractivity contribution in [3.05, 3.63) is 131 Å². The molecule has 0 heterocycles. The SMILES string of the molecule is O=C(CN(c1ccccc1)S(=O)(=O)c1ccc(Cl)cc1)N(Cc1ccccc1)Cc1ccccc1. The average molecular weight is 505 g/mol. The lowest BCUT2D eigenvalue weighted by Gasteiger charge is -2.29. The van der Waals surface area contributed by atoms with Crippen LogP contribution in [-0.2, 0) is 27.9 Å². The minimum atomic E-state index is -4.02. The van der Waals surface area contributed by atoms with E-state index in [2.05, 4.69) is 0 Å². The summed E-state index contributed by atoms with van der Waals surface area (Å²) in [5.74, 6) is -0.306. The number of anilines is 1. The molecule has 0 aliphatic heterocycles. The van der Waals surface area contributed by atoms with Crippen LogP contribution in [0.15, 0.2) is 120 Å². The van der Waals surface area contributed by atoms with Crippen LogP contribution < -0.4 is 4.31 Å². The van der Waals surface area contributed by atoms with Crippen LogP contribution in [0.5, 0.6) is 0 Å². The van der Waals surface area contributed by atoms with E-state index in [4.69, 9.17) is 11.6 Å². The number of para-hydroxylation sites is 1. The van der Waals surface area contributed by atoms with Crippen molar-refractivity contribution in [2.24, 2.45) is 0 Å². The van der Waals surface area contributed by atoms with Crippen LogP contribution in [0, 0.1) is 0 Å². The first-order valence-corrected chi connectivity index (χ1v) is 12.9. The summed E-state index contributed by atoms with van der Waals surface area (Å²) in [6.45, 7) is 0.380. The van der Waals surface area contributed by atoms with Gasteiger partial charge in [0.15, 0.2) is 0 Å². The van der Waals surface area contributed by atoms with Crippen LogP contribution in [0.3, 0.4) is 0 Å². The van der Waals surface area contributed by atoms with Gasteiger partial charge in [-0.2, -0.15) is 0 Å². The smallest absolute Gasteiger partial charge is 0.264 e. The molecule has 0 unspecified atom stereocenters. The topological polar surface area (TPSA) is 57.7 Å². The molecule has 35 heavy (non-hydrogen) atoms. The summed E-state index contributed by atoms with van der Waals surface area (Å²) in [6, 6.07) is 33.9. The highest BCUT2D eigenvalue weighted by Crippen LogP contribution is 2.25. The van der Waals surface area contributed by atoms with E-state index in [-0.39, 0.29) is 17.3 Å². The maximum absolute atomic E-state index is 13.7. The summed E-state index contributed by atoms with van der Waals surface area (Å²) in [7, 11) is -4.02. The number of carbonyl (C=O) groups is 1. The second-order valence-corrected chi connectivity index (χ2v) is 10.3. The number of hydrogen-bond donors (Lipinski definition) is 0. The van der Waals surface area contributed by atoms with Crippen LogP contribution in [-0.4, -0.2) is 25.8 Å². The monoisotopic (exact) mass is 504 g/mol. The Kier molecular flexibility index (Phi) is 7.85. The van der Waals surface area contributed by atoms with Gasteiger partial charge >= 0.3 is 0 Å². The molecule has 4 aromatic rings. The molecule has 5 nitrogen and oxygen atoms in total. The maximum atomic E-state index is 13.7. The first-order valence-electron chi connectivity index (χ1n) is 11.1. The van der Waals surface area contributed by atoms with E-state index < -0.39 is 10.0 Å². The fourth-order valence-corrected chi connectivity index (χ4v) is 5.25. The van der Waals surface area contributed by atoms with Crippen LogP contribution in [0.2, 0.25) is 5.02 Å². The standard InChI is InChI=1S/C28H25ClN2O3S/c29-25-16-18-27(19-17-25)35(33,34)31(26-14-8-3-9-15-26)22-28(32)30(20-23-10-4-1-5-11-23)21-24-12-6-2-7-13-24/h1-19H,20-22H2. The van der Waals surface area contributed by atoms with Gasteiger partial charge in [-0.05, 0) is 47.5 Å². The zero-order valence-electron chi connectivity index (χ0n) is 19.0. The van der Waals surface area contributed by atoms with Crippen LogP contribution >= 0.6 is 11.6 Å². The van der Waals surface area contributed by atoms with E-state index in [0.29, 0.717) is 23.8 Å². The van der Waals surface area contributed by atoms with E-state index >= 15 is 0 Å². The molecule has 0 aliphatic rings. The van der Waals surface area contributed by atoms with Gasteiger partial charge in [-0.3, -0.25) is 9.10 Å². The lowest BCUT2D eigenvalue weighted by Crippen LogP contribution is -2.42. The highest BCUT2D eigenvalue weighted by molar-refractivity contribution is 7.92. The number of hydrogen-bond acceptors (Lipinski definition) is 3. The highest BCUT2D eigenvalue weighted by Gasteiger charge is 2.29. The molecule has 7 heteroatoms. The number of nitrogens with zero attached hydrogens (tertiary/aromatic N) is 2. The molecule has 0 saturated carbocycles. The molecule has 0 saturated heterocycles. The Morgan fingerprint density at radius 1 is 0.657 bits per heavy atom. The van der Waals surface area contributed by atoms with Crippen molar-refractivity contribution >= 4 is 33.2 Å². The summed E-state index contributed by atoms with van der Waals surface area (Å²) in [6.07, 6.45) is 0. The van der Waals surface area contributed by atoms with Gasteiger partial charge in [0.2, 0.25) is 5.91 Å². The van der Waals surface area contributed by atoms with Crippen molar-refractivity contribution < 1.29 is 13.2 Å². The molecule has 0 spiro atoms. The normalized spacial score (nSPS) is 11.1. The molecule has 1 amide bonds. The first kappa shape index (κ1) is 24.5. The predicted octanol–water partition coefficient (Wildman–Crippen LogP) is 5.76. The van der Waals surface area contributed by atoms with Crippen molar-refractivity contribution in [3.8, 4) is 0 Å². The Balaban J connectivity index is 1.67. The van der Waals surface area contributed by atoms with Crippen molar-refractivity contribution in [1.82, 2.24) is 4.90 Å². The van der Waals surface area contributed by atoms with E-state index in [9.17, 15) is 13.2 Å². The van der Waals surface area contributed by atoms with Gasteiger partial charge in [0.05, 0.1) is 10.6 Å². The van der Waals surface area contributed by atoms with Crippen molar-refractivity contribution in [2.75, 3.05) is 10.8 Å². The fraction of sp³-hybridized carbons (Fsp3) is 0.107. The lowest BCUT2D eigenvalue weighted by molar-refractivity contribution is -0.130. The number of halogens is 1. The van der Waals surface area contributed by atoms with Gasteiger partial charge in [-0.15, -0.1) is 0 Å².